The van der Waals surface area contributed by atoms with Gasteiger partial charge in [0, 0.05) is 6.20 Å². The molecule has 0 fully saturated rings. The zero-order valence-electron chi connectivity index (χ0n) is 8.73. The van der Waals surface area contributed by atoms with Crippen LogP contribution in [-0.4, -0.2) is 10.1 Å². The van der Waals surface area contributed by atoms with Crippen LogP contribution in [0.15, 0.2) is 41.0 Å². The fourth-order valence-corrected chi connectivity index (χ4v) is 1.85. The van der Waals surface area contributed by atoms with Gasteiger partial charge in [-0.2, -0.15) is 0 Å². The Labute approximate surface area is 112 Å². The van der Waals surface area contributed by atoms with Gasteiger partial charge in [0.2, 0.25) is 5.88 Å². The van der Waals surface area contributed by atoms with Crippen molar-refractivity contribution in [1.82, 2.24) is 4.98 Å². The maximum Gasteiger partial charge on any atom is 0.238 e. The second kappa shape index (κ2) is 5.49. The van der Waals surface area contributed by atoms with Crippen molar-refractivity contribution < 1.29 is 9.84 Å². The van der Waals surface area contributed by atoms with E-state index < -0.39 is 0 Å². The zero-order valence-corrected chi connectivity index (χ0v) is 11.1. The van der Waals surface area contributed by atoms with Crippen molar-refractivity contribution in [2.75, 3.05) is 0 Å². The van der Waals surface area contributed by atoms with Crippen molar-refractivity contribution >= 4 is 27.5 Å². The van der Waals surface area contributed by atoms with Crippen LogP contribution in [0, 0.1) is 0 Å². The molecule has 1 aromatic heterocycles. The predicted octanol–water partition coefficient (Wildman–Crippen LogP) is 3.78. The van der Waals surface area contributed by atoms with Gasteiger partial charge in [-0.25, -0.2) is 4.98 Å². The smallest absolute Gasteiger partial charge is 0.238 e. The number of pyridine rings is 1. The second-order valence-electron chi connectivity index (χ2n) is 3.32. The quantitative estimate of drug-likeness (QED) is 0.937. The number of aliphatic hydroxyl groups excluding tert-OH is 1. The van der Waals surface area contributed by atoms with Crippen molar-refractivity contribution in [3.63, 3.8) is 0 Å². The van der Waals surface area contributed by atoms with E-state index >= 15 is 0 Å². The summed E-state index contributed by atoms with van der Waals surface area (Å²) in [6.07, 6.45) is 1.53. The normalized spacial score (nSPS) is 10.3. The molecule has 0 aliphatic heterocycles. The molecule has 5 heteroatoms. The second-order valence-corrected chi connectivity index (χ2v) is 4.58. The molecule has 0 radical (unpaired) electrons. The molecule has 88 valence electrons. The van der Waals surface area contributed by atoms with Crippen LogP contribution in [0.5, 0.6) is 11.6 Å². The fraction of sp³-hybridized carbons (Fsp3) is 0.0833. The van der Waals surface area contributed by atoms with Crippen molar-refractivity contribution in [1.29, 1.82) is 0 Å². The highest BCUT2D eigenvalue weighted by Gasteiger charge is 2.07. The van der Waals surface area contributed by atoms with Gasteiger partial charge in [-0.15, -0.1) is 0 Å². The monoisotopic (exact) mass is 313 g/mol. The van der Waals surface area contributed by atoms with E-state index in [0.29, 0.717) is 22.2 Å². The van der Waals surface area contributed by atoms with Gasteiger partial charge in [0.25, 0.3) is 0 Å². The first-order valence-electron chi connectivity index (χ1n) is 4.88. The molecule has 0 bridgehead atoms. The summed E-state index contributed by atoms with van der Waals surface area (Å²) in [7, 11) is 0. The highest BCUT2D eigenvalue weighted by Crippen LogP contribution is 2.32. The summed E-state index contributed by atoms with van der Waals surface area (Å²) in [5.74, 6) is 0.953. The Kier molecular flexibility index (Phi) is 3.99. The molecule has 0 atom stereocenters. The molecule has 0 spiro atoms. The zero-order chi connectivity index (χ0) is 12.3. The maximum absolute atomic E-state index is 8.94. The molecular weight excluding hydrogens is 305 g/mol. The van der Waals surface area contributed by atoms with Gasteiger partial charge in [-0.05, 0) is 39.7 Å². The van der Waals surface area contributed by atoms with E-state index in [1.807, 2.05) is 24.3 Å². The summed E-state index contributed by atoms with van der Waals surface area (Å²) in [5.41, 5.74) is 0.648. The van der Waals surface area contributed by atoms with Crippen molar-refractivity contribution in [3.8, 4) is 11.6 Å². The average Bonchev–Trinajstić information content (AvgIpc) is 2.34. The fourth-order valence-electron chi connectivity index (χ4n) is 1.26. The average molecular weight is 315 g/mol. The minimum Gasteiger partial charge on any atom is -0.436 e. The maximum atomic E-state index is 8.94. The van der Waals surface area contributed by atoms with Gasteiger partial charge in [-0.3, -0.25) is 0 Å². The van der Waals surface area contributed by atoms with Crippen LogP contribution in [0.2, 0.25) is 5.02 Å². The van der Waals surface area contributed by atoms with Gasteiger partial charge in [-0.1, -0.05) is 23.7 Å². The number of hydrogen-bond donors (Lipinski definition) is 1. The molecule has 0 aliphatic carbocycles. The molecule has 0 saturated carbocycles. The number of hydrogen-bond acceptors (Lipinski definition) is 3. The number of benzene rings is 1. The third-order valence-electron chi connectivity index (χ3n) is 2.09. The van der Waals surface area contributed by atoms with Gasteiger partial charge >= 0.3 is 0 Å². The number of ether oxygens (including phenoxy) is 1. The number of aliphatic hydroxyl groups is 1. The Hall–Kier alpha value is -1.10. The van der Waals surface area contributed by atoms with Crippen LogP contribution in [0.4, 0.5) is 0 Å². The van der Waals surface area contributed by atoms with Crippen molar-refractivity contribution in [2.24, 2.45) is 0 Å². The van der Waals surface area contributed by atoms with Crippen LogP contribution in [0.25, 0.3) is 0 Å². The number of halogens is 2. The molecule has 17 heavy (non-hydrogen) atoms. The van der Waals surface area contributed by atoms with Crippen LogP contribution >= 0.6 is 27.5 Å². The van der Waals surface area contributed by atoms with Crippen LogP contribution in [0.1, 0.15) is 5.56 Å². The number of aromatic nitrogens is 1. The molecule has 1 aromatic carbocycles. The van der Waals surface area contributed by atoms with Gasteiger partial charge in [0.15, 0.2) is 0 Å². The minimum atomic E-state index is -0.0952. The lowest BCUT2D eigenvalue weighted by atomic mass is 10.3. The van der Waals surface area contributed by atoms with Gasteiger partial charge < -0.3 is 9.84 Å². The summed E-state index contributed by atoms with van der Waals surface area (Å²) >= 11 is 9.37. The number of rotatable bonds is 3. The van der Waals surface area contributed by atoms with E-state index in [4.69, 9.17) is 21.4 Å². The first-order chi connectivity index (χ1) is 8.20. The first kappa shape index (κ1) is 12.4. The van der Waals surface area contributed by atoms with E-state index in [-0.39, 0.29) is 6.61 Å². The third-order valence-corrected chi connectivity index (χ3v) is 3.02. The summed E-state index contributed by atoms with van der Waals surface area (Å²) in [4.78, 5) is 4.05. The Morgan fingerprint density at radius 1 is 1.35 bits per heavy atom. The molecule has 2 aromatic rings. The summed E-state index contributed by atoms with van der Waals surface area (Å²) in [6.45, 7) is -0.0952. The van der Waals surface area contributed by atoms with Crippen LogP contribution in [0.3, 0.4) is 0 Å². The van der Waals surface area contributed by atoms with Gasteiger partial charge in [0.1, 0.15) is 10.8 Å². The summed E-state index contributed by atoms with van der Waals surface area (Å²) in [6, 6.07) is 9.05. The summed E-state index contributed by atoms with van der Waals surface area (Å²) < 4.78 is 6.39. The lowest BCUT2D eigenvalue weighted by molar-refractivity contribution is 0.281. The minimum absolute atomic E-state index is 0.0952. The Balaban J connectivity index is 2.28. The van der Waals surface area contributed by atoms with E-state index in [9.17, 15) is 0 Å². The first-order valence-corrected chi connectivity index (χ1v) is 6.05. The van der Waals surface area contributed by atoms with E-state index in [1.165, 1.54) is 6.20 Å². The van der Waals surface area contributed by atoms with Gasteiger partial charge in [0.05, 0.1) is 11.1 Å². The Morgan fingerprint density at radius 2 is 2.12 bits per heavy atom. The lowest BCUT2D eigenvalue weighted by Crippen LogP contribution is -1.92. The molecule has 2 rings (SSSR count). The topological polar surface area (TPSA) is 42.4 Å². The lowest BCUT2D eigenvalue weighted by Gasteiger charge is -2.08. The molecular formula is C12H9BrClNO2. The largest absolute Gasteiger partial charge is 0.436 e. The molecule has 0 unspecified atom stereocenters. The standard InChI is InChI=1S/C12H9BrClNO2/c13-9-3-1-2-4-11(9)17-12-10(14)5-8(7-16)6-15-12/h1-6,16H,7H2. The van der Waals surface area contributed by atoms with Crippen LogP contribution < -0.4 is 4.74 Å². The molecule has 0 aliphatic rings. The summed E-state index contributed by atoms with van der Waals surface area (Å²) in [5, 5.41) is 9.31. The van der Waals surface area contributed by atoms with E-state index in [2.05, 4.69) is 20.9 Å². The highest BCUT2D eigenvalue weighted by atomic mass is 79.9. The molecule has 1 heterocycles. The highest BCUT2D eigenvalue weighted by molar-refractivity contribution is 9.10. The molecule has 3 nitrogen and oxygen atoms in total. The molecule has 0 amide bonds. The molecule has 0 saturated heterocycles. The third kappa shape index (κ3) is 2.97. The Morgan fingerprint density at radius 3 is 2.76 bits per heavy atom. The number of nitrogens with zero attached hydrogens (tertiary/aromatic N) is 1. The predicted molar refractivity (Wildman–Crippen MR) is 69.4 cm³/mol. The van der Waals surface area contributed by atoms with Crippen LogP contribution in [-0.2, 0) is 6.61 Å². The number of para-hydroxylation sites is 1. The van der Waals surface area contributed by atoms with Crippen molar-refractivity contribution in [2.45, 2.75) is 6.61 Å². The van der Waals surface area contributed by atoms with E-state index in [1.54, 1.807) is 6.07 Å². The molecule has 1 N–H and O–H groups in total. The SMILES string of the molecule is OCc1cnc(Oc2ccccc2Br)c(Cl)c1. The Bertz CT molecular complexity index is 534. The van der Waals surface area contributed by atoms with E-state index in [0.717, 1.165) is 4.47 Å². The van der Waals surface area contributed by atoms with Crippen molar-refractivity contribution in [3.05, 3.63) is 51.6 Å².